The summed E-state index contributed by atoms with van der Waals surface area (Å²) in [6.45, 7) is 7.73. The van der Waals surface area contributed by atoms with Gasteiger partial charge in [-0.3, -0.25) is 15.1 Å². The van der Waals surface area contributed by atoms with Crippen LogP contribution in [-0.4, -0.2) is 66.6 Å². The fourth-order valence-electron chi connectivity index (χ4n) is 3.18. The molecule has 2 heterocycles. The Balaban J connectivity index is 0.00000320. The summed E-state index contributed by atoms with van der Waals surface area (Å²) in [4.78, 5) is 24.0. The van der Waals surface area contributed by atoms with E-state index in [0.29, 0.717) is 13.1 Å². The minimum absolute atomic E-state index is 0. The number of benzene rings is 1. The Bertz CT molecular complexity index is 810. The molecule has 1 fully saturated rings. The third kappa shape index (κ3) is 6.71. The van der Waals surface area contributed by atoms with Crippen molar-refractivity contribution in [3.63, 3.8) is 0 Å². The van der Waals surface area contributed by atoms with E-state index in [4.69, 9.17) is 4.99 Å². The van der Waals surface area contributed by atoms with Gasteiger partial charge in [0.15, 0.2) is 5.96 Å². The minimum atomic E-state index is -0.398. The number of nitro groups is 1. The van der Waals surface area contributed by atoms with Crippen molar-refractivity contribution in [2.24, 2.45) is 4.99 Å². The van der Waals surface area contributed by atoms with E-state index in [2.05, 4.69) is 32.3 Å². The number of nitrogens with one attached hydrogen (secondary N) is 2. The Labute approximate surface area is 193 Å². The topological polar surface area (TPSA) is 98.9 Å². The number of hydrogen-bond donors (Lipinski definition) is 2. The first-order chi connectivity index (χ1) is 14.2. The van der Waals surface area contributed by atoms with Crippen LogP contribution in [0.1, 0.15) is 6.92 Å². The summed E-state index contributed by atoms with van der Waals surface area (Å²) >= 11 is 0. The quantitative estimate of drug-likeness (QED) is 0.143. The summed E-state index contributed by atoms with van der Waals surface area (Å²) in [5.41, 5.74) is 0.938. The van der Waals surface area contributed by atoms with Crippen molar-refractivity contribution in [2.45, 2.75) is 6.92 Å². The molecule has 10 heteroatoms. The molecular weight excluding hydrogens is 497 g/mol. The fraction of sp³-hybridized carbons (Fsp3) is 0.400. The summed E-state index contributed by atoms with van der Waals surface area (Å²) in [6, 6.07) is 12.4. The Morgan fingerprint density at radius 3 is 2.50 bits per heavy atom. The predicted octanol–water partition coefficient (Wildman–Crippen LogP) is 2.81. The SMILES string of the molecule is CCNC(=NCCNc1ccc([N+](=O)[O-])cc1)N1CCN(c2ccccn2)CC1.I. The molecule has 0 radical (unpaired) electrons. The number of aliphatic imine (C=N–C) groups is 1. The molecule has 0 amide bonds. The van der Waals surface area contributed by atoms with Gasteiger partial charge in [0.1, 0.15) is 5.82 Å². The fourth-order valence-corrected chi connectivity index (χ4v) is 3.18. The maximum Gasteiger partial charge on any atom is 0.269 e. The van der Waals surface area contributed by atoms with Crippen LogP contribution in [0, 0.1) is 10.1 Å². The van der Waals surface area contributed by atoms with Crippen LogP contribution < -0.4 is 15.5 Å². The van der Waals surface area contributed by atoms with Gasteiger partial charge in [-0.25, -0.2) is 4.98 Å². The highest BCUT2D eigenvalue weighted by Gasteiger charge is 2.20. The van der Waals surface area contributed by atoms with Gasteiger partial charge in [-0.1, -0.05) is 6.07 Å². The highest BCUT2D eigenvalue weighted by molar-refractivity contribution is 14.0. The smallest absolute Gasteiger partial charge is 0.269 e. The van der Waals surface area contributed by atoms with Crippen molar-refractivity contribution >= 4 is 47.1 Å². The van der Waals surface area contributed by atoms with E-state index in [1.54, 1.807) is 12.1 Å². The molecule has 1 aliphatic rings. The average molecular weight is 525 g/mol. The van der Waals surface area contributed by atoms with Gasteiger partial charge in [-0.2, -0.15) is 0 Å². The van der Waals surface area contributed by atoms with Crippen molar-refractivity contribution in [2.75, 3.05) is 56.0 Å². The van der Waals surface area contributed by atoms with Gasteiger partial charge in [0.25, 0.3) is 5.69 Å². The number of nitrogens with zero attached hydrogens (tertiary/aromatic N) is 5. The van der Waals surface area contributed by atoms with Gasteiger partial charge in [-0.05, 0) is 31.2 Å². The summed E-state index contributed by atoms with van der Waals surface area (Å²) in [5, 5.41) is 17.3. The molecule has 1 aromatic heterocycles. The van der Waals surface area contributed by atoms with Crippen LogP contribution in [0.5, 0.6) is 0 Å². The molecular formula is C20H28IN7O2. The zero-order chi connectivity index (χ0) is 20.5. The summed E-state index contributed by atoms with van der Waals surface area (Å²) in [6.07, 6.45) is 1.82. The molecule has 30 heavy (non-hydrogen) atoms. The molecule has 2 N–H and O–H groups in total. The van der Waals surface area contributed by atoms with Crippen LogP contribution in [0.2, 0.25) is 0 Å². The van der Waals surface area contributed by atoms with Crippen molar-refractivity contribution in [1.82, 2.24) is 15.2 Å². The van der Waals surface area contributed by atoms with E-state index in [-0.39, 0.29) is 29.7 Å². The summed E-state index contributed by atoms with van der Waals surface area (Å²) in [5.74, 6) is 1.93. The third-order valence-electron chi connectivity index (χ3n) is 4.67. The van der Waals surface area contributed by atoms with Crippen molar-refractivity contribution in [3.8, 4) is 0 Å². The zero-order valence-corrected chi connectivity index (χ0v) is 19.4. The molecule has 1 saturated heterocycles. The monoisotopic (exact) mass is 525 g/mol. The van der Waals surface area contributed by atoms with Crippen LogP contribution >= 0.6 is 24.0 Å². The second-order valence-electron chi connectivity index (χ2n) is 6.63. The number of guanidine groups is 1. The Kier molecular flexibility index (Phi) is 9.58. The van der Waals surface area contributed by atoms with Crippen LogP contribution in [0.15, 0.2) is 53.7 Å². The average Bonchev–Trinajstić information content (AvgIpc) is 2.77. The Morgan fingerprint density at radius 1 is 1.17 bits per heavy atom. The van der Waals surface area contributed by atoms with Crippen LogP contribution in [0.25, 0.3) is 0 Å². The highest BCUT2D eigenvalue weighted by Crippen LogP contribution is 2.15. The van der Waals surface area contributed by atoms with Crippen LogP contribution in [0.4, 0.5) is 17.2 Å². The first-order valence-corrected chi connectivity index (χ1v) is 9.85. The van der Waals surface area contributed by atoms with Crippen molar-refractivity contribution in [1.29, 1.82) is 0 Å². The van der Waals surface area contributed by atoms with Gasteiger partial charge < -0.3 is 20.4 Å². The molecule has 1 aromatic carbocycles. The third-order valence-corrected chi connectivity index (χ3v) is 4.67. The molecule has 3 rings (SSSR count). The van der Waals surface area contributed by atoms with E-state index in [1.807, 2.05) is 24.4 Å². The Hall–Kier alpha value is -2.63. The predicted molar refractivity (Wildman–Crippen MR) is 131 cm³/mol. The number of piperazine rings is 1. The number of non-ortho nitro benzene ring substituents is 1. The van der Waals surface area contributed by atoms with E-state index in [1.165, 1.54) is 12.1 Å². The number of halogens is 1. The standard InChI is InChI=1S/C20H27N7O2.HI/c1-2-21-20(24-12-11-22-17-6-8-18(9-7-17)27(28)29)26-15-13-25(14-16-26)19-5-3-4-10-23-19;/h3-10,22H,2,11-16H2,1H3,(H,21,24);1H. The first-order valence-electron chi connectivity index (χ1n) is 9.85. The molecule has 0 atom stereocenters. The zero-order valence-electron chi connectivity index (χ0n) is 17.0. The lowest BCUT2D eigenvalue weighted by Crippen LogP contribution is -2.52. The van der Waals surface area contributed by atoms with E-state index >= 15 is 0 Å². The molecule has 9 nitrogen and oxygen atoms in total. The maximum atomic E-state index is 10.7. The minimum Gasteiger partial charge on any atom is -0.383 e. The number of nitro benzene ring substituents is 1. The normalized spacial score (nSPS) is 14.1. The first kappa shape index (κ1) is 23.6. The number of rotatable bonds is 7. The second-order valence-corrected chi connectivity index (χ2v) is 6.63. The molecule has 0 aliphatic carbocycles. The van der Waals surface area contributed by atoms with Crippen molar-refractivity contribution in [3.05, 3.63) is 58.8 Å². The lowest BCUT2D eigenvalue weighted by molar-refractivity contribution is -0.384. The van der Waals surface area contributed by atoms with E-state index < -0.39 is 4.92 Å². The molecule has 0 bridgehead atoms. The molecule has 0 unspecified atom stereocenters. The van der Waals surface area contributed by atoms with E-state index in [9.17, 15) is 10.1 Å². The van der Waals surface area contributed by atoms with Gasteiger partial charge in [-0.15, -0.1) is 24.0 Å². The lowest BCUT2D eigenvalue weighted by atomic mass is 10.3. The summed E-state index contributed by atoms with van der Waals surface area (Å²) in [7, 11) is 0. The van der Waals surface area contributed by atoms with E-state index in [0.717, 1.165) is 50.2 Å². The van der Waals surface area contributed by atoms with Gasteiger partial charge >= 0.3 is 0 Å². The summed E-state index contributed by atoms with van der Waals surface area (Å²) < 4.78 is 0. The number of aromatic nitrogens is 1. The molecule has 1 aliphatic heterocycles. The van der Waals surface area contributed by atoms with Crippen LogP contribution in [0.3, 0.4) is 0 Å². The molecule has 162 valence electrons. The maximum absolute atomic E-state index is 10.7. The van der Waals surface area contributed by atoms with Crippen molar-refractivity contribution < 1.29 is 4.92 Å². The van der Waals surface area contributed by atoms with Crippen LogP contribution in [-0.2, 0) is 0 Å². The second kappa shape index (κ2) is 12.2. The van der Waals surface area contributed by atoms with Gasteiger partial charge in [0.2, 0.25) is 0 Å². The largest absolute Gasteiger partial charge is 0.383 e. The van der Waals surface area contributed by atoms with Gasteiger partial charge in [0, 0.05) is 63.3 Å². The Morgan fingerprint density at radius 2 is 1.90 bits per heavy atom. The number of pyridine rings is 1. The van der Waals surface area contributed by atoms with Gasteiger partial charge in [0.05, 0.1) is 11.5 Å². The molecule has 0 saturated carbocycles. The number of anilines is 2. The highest BCUT2D eigenvalue weighted by atomic mass is 127. The molecule has 0 spiro atoms. The number of hydrogen-bond acceptors (Lipinski definition) is 6. The lowest BCUT2D eigenvalue weighted by Gasteiger charge is -2.37. The molecule has 2 aromatic rings.